The standard InChI is InChI=1S/C11H6N4S/c12-7-9(8-13)6-10-2-1-4-15(10)11-14-3-5-16-11/h1-6H. The lowest BCUT2D eigenvalue weighted by atomic mass is 10.2. The first kappa shape index (κ1) is 10.2. The molecular weight excluding hydrogens is 220 g/mol. The molecule has 0 unspecified atom stereocenters. The maximum absolute atomic E-state index is 8.68. The highest BCUT2D eigenvalue weighted by molar-refractivity contribution is 7.12. The lowest BCUT2D eigenvalue weighted by molar-refractivity contribution is 1.04. The van der Waals surface area contributed by atoms with Gasteiger partial charge in [0, 0.05) is 23.5 Å². The van der Waals surface area contributed by atoms with E-state index in [1.807, 2.05) is 40.4 Å². The Bertz CT molecular complexity index is 577. The highest BCUT2D eigenvalue weighted by Crippen LogP contribution is 2.17. The van der Waals surface area contributed by atoms with Gasteiger partial charge in [0.1, 0.15) is 17.7 Å². The van der Waals surface area contributed by atoms with E-state index in [9.17, 15) is 0 Å². The summed E-state index contributed by atoms with van der Waals surface area (Å²) in [5.74, 6) is 0. The predicted molar refractivity (Wildman–Crippen MR) is 60.6 cm³/mol. The molecule has 0 N–H and O–H groups in total. The van der Waals surface area contributed by atoms with Gasteiger partial charge in [-0.15, -0.1) is 11.3 Å². The molecule has 0 aliphatic rings. The summed E-state index contributed by atoms with van der Waals surface area (Å²) < 4.78 is 1.83. The fourth-order valence-electron chi connectivity index (χ4n) is 1.26. The minimum absolute atomic E-state index is 0.0801. The minimum atomic E-state index is 0.0801. The smallest absolute Gasteiger partial charge is 0.193 e. The second-order valence-corrected chi connectivity index (χ2v) is 3.77. The molecule has 76 valence electrons. The van der Waals surface area contributed by atoms with Crippen molar-refractivity contribution >= 4 is 17.4 Å². The molecule has 0 fully saturated rings. The third-order valence-corrected chi connectivity index (χ3v) is 2.71. The van der Waals surface area contributed by atoms with Crippen molar-refractivity contribution in [1.82, 2.24) is 9.55 Å². The summed E-state index contributed by atoms with van der Waals surface area (Å²) in [7, 11) is 0. The Hall–Kier alpha value is -2.37. The van der Waals surface area contributed by atoms with Gasteiger partial charge >= 0.3 is 0 Å². The number of aromatic nitrogens is 2. The Labute approximate surface area is 96.3 Å². The number of hydrogen-bond donors (Lipinski definition) is 0. The highest BCUT2D eigenvalue weighted by atomic mass is 32.1. The fraction of sp³-hybridized carbons (Fsp3) is 0. The molecule has 0 aliphatic heterocycles. The number of hydrogen-bond acceptors (Lipinski definition) is 4. The number of thiazole rings is 1. The van der Waals surface area contributed by atoms with Crippen molar-refractivity contribution in [3.8, 4) is 17.3 Å². The Morgan fingerprint density at radius 2 is 2.25 bits per heavy atom. The average Bonchev–Trinajstić information content (AvgIpc) is 2.95. The zero-order valence-electron chi connectivity index (χ0n) is 8.16. The van der Waals surface area contributed by atoms with Crippen LogP contribution in [-0.4, -0.2) is 9.55 Å². The number of rotatable bonds is 2. The van der Waals surface area contributed by atoms with Gasteiger partial charge in [-0.3, -0.25) is 4.57 Å². The van der Waals surface area contributed by atoms with Gasteiger partial charge in [-0.1, -0.05) is 0 Å². The van der Waals surface area contributed by atoms with Gasteiger partial charge in [0.05, 0.1) is 0 Å². The van der Waals surface area contributed by atoms with E-state index in [0.29, 0.717) is 0 Å². The Kier molecular flexibility index (Phi) is 2.81. The normalized spacial score (nSPS) is 9.12. The predicted octanol–water partition coefficient (Wildman–Crippen LogP) is 2.36. The van der Waals surface area contributed by atoms with Crippen molar-refractivity contribution < 1.29 is 0 Å². The van der Waals surface area contributed by atoms with Gasteiger partial charge in [-0.25, -0.2) is 4.98 Å². The van der Waals surface area contributed by atoms with Crippen LogP contribution in [0.3, 0.4) is 0 Å². The molecule has 0 saturated carbocycles. The van der Waals surface area contributed by atoms with E-state index in [0.717, 1.165) is 10.8 Å². The topological polar surface area (TPSA) is 65.4 Å². The first-order valence-corrected chi connectivity index (χ1v) is 5.32. The molecule has 0 amide bonds. The maximum atomic E-state index is 8.68. The van der Waals surface area contributed by atoms with Crippen molar-refractivity contribution in [3.05, 3.63) is 41.2 Å². The first-order valence-electron chi connectivity index (χ1n) is 4.44. The van der Waals surface area contributed by atoms with Crippen LogP contribution in [0.5, 0.6) is 0 Å². The Balaban J connectivity index is 2.47. The lowest BCUT2D eigenvalue weighted by Crippen LogP contribution is -1.93. The third kappa shape index (κ3) is 1.85. The van der Waals surface area contributed by atoms with E-state index < -0.39 is 0 Å². The second kappa shape index (κ2) is 4.43. The van der Waals surface area contributed by atoms with Crippen LogP contribution in [0, 0.1) is 22.7 Å². The van der Waals surface area contributed by atoms with Crippen LogP contribution in [0.2, 0.25) is 0 Å². The van der Waals surface area contributed by atoms with Gasteiger partial charge in [-0.2, -0.15) is 10.5 Å². The van der Waals surface area contributed by atoms with Crippen LogP contribution < -0.4 is 0 Å². The van der Waals surface area contributed by atoms with Crippen LogP contribution in [0.15, 0.2) is 35.5 Å². The zero-order valence-corrected chi connectivity index (χ0v) is 8.98. The molecule has 2 rings (SSSR count). The number of nitriles is 2. The van der Waals surface area contributed by atoms with Crippen LogP contribution in [-0.2, 0) is 0 Å². The van der Waals surface area contributed by atoms with E-state index in [1.54, 1.807) is 12.3 Å². The fourth-order valence-corrected chi connectivity index (χ4v) is 1.90. The van der Waals surface area contributed by atoms with Crippen molar-refractivity contribution in [1.29, 1.82) is 10.5 Å². The summed E-state index contributed by atoms with van der Waals surface area (Å²) in [6, 6.07) is 7.34. The molecule has 0 bridgehead atoms. The molecule has 2 aromatic heterocycles. The zero-order chi connectivity index (χ0) is 11.4. The largest absolute Gasteiger partial charge is 0.293 e. The lowest BCUT2D eigenvalue weighted by Gasteiger charge is -2.00. The van der Waals surface area contributed by atoms with Gasteiger partial charge in [0.15, 0.2) is 5.13 Å². The molecule has 2 heterocycles. The molecular formula is C11H6N4S. The molecule has 0 aliphatic carbocycles. The summed E-state index contributed by atoms with van der Waals surface area (Å²) >= 11 is 1.49. The molecule has 0 radical (unpaired) electrons. The molecule has 5 heteroatoms. The van der Waals surface area contributed by atoms with Gasteiger partial charge in [0.2, 0.25) is 0 Å². The van der Waals surface area contributed by atoms with Crippen LogP contribution in [0.4, 0.5) is 0 Å². The van der Waals surface area contributed by atoms with E-state index in [2.05, 4.69) is 4.98 Å². The molecule has 4 nitrogen and oxygen atoms in total. The Morgan fingerprint density at radius 1 is 1.44 bits per heavy atom. The molecule has 2 aromatic rings. The summed E-state index contributed by atoms with van der Waals surface area (Å²) in [4.78, 5) is 4.16. The summed E-state index contributed by atoms with van der Waals surface area (Å²) in [5.41, 5.74) is 0.851. The number of nitrogens with zero attached hydrogens (tertiary/aromatic N) is 4. The average molecular weight is 226 g/mol. The second-order valence-electron chi connectivity index (χ2n) is 2.90. The van der Waals surface area contributed by atoms with E-state index >= 15 is 0 Å². The van der Waals surface area contributed by atoms with Crippen molar-refractivity contribution in [2.45, 2.75) is 0 Å². The van der Waals surface area contributed by atoms with Crippen LogP contribution >= 0.6 is 11.3 Å². The van der Waals surface area contributed by atoms with E-state index in [4.69, 9.17) is 10.5 Å². The molecule has 0 atom stereocenters. The third-order valence-electron chi connectivity index (χ3n) is 1.94. The van der Waals surface area contributed by atoms with Gasteiger partial charge in [0.25, 0.3) is 0 Å². The molecule has 0 aromatic carbocycles. The molecule has 0 saturated heterocycles. The maximum Gasteiger partial charge on any atom is 0.193 e. The van der Waals surface area contributed by atoms with Crippen molar-refractivity contribution in [3.63, 3.8) is 0 Å². The highest BCUT2D eigenvalue weighted by Gasteiger charge is 2.04. The summed E-state index contributed by atoms with van der Waals surface area (Å²) in [6.07, 6.45) is 5.10. The summed E-state index contributed by atoms with van der Waals surface area (Å²) in [6.45, 7) is 0. The molecule has 0 spiro atoms. The van der Waals surface area contributed by atoms with Crippen LogP contribution in [0.25, 0.3) is 11.2 Å². The monoisotopic (exact) mass is 226 g/mol. The Morgan fingerprint density at radius 3 is 2.88 bits per heavy atom. The number of allylic oxidation sites excluding steroid dienone is 1. The van der Waals surface area contributed by atoms with Crippen LogP contribution in [0.1, 0.15) is 5.69 Å². The quantitative estimate of drug-likeness (QED) is 0.738. The molecule has 16 heavy (non-hydrogen) atoms. The SMILES string of the molecule is N#CC(C#N)=Cc1cccn1-c1nccs1. The first-order chi connectivity index (χ1) is 7.85. The summed E-state index contributed by atoms with van der Waals surface area (Å²) in [5, 5.41) is 20.1. The van der Waals surface area contributed by atoms with E-state index in [1.165, 1.54) is 11.3 Å². The van der Waals surface area contributed by atoms with Crippen molar-refractivity contribution in [2.75, 3.05) is 0 Å². The minimum Gasteiger partial charge on any atom is -0.293 e. The van der Waals surface area contributed by atoms with Crippen molar-refractivity contribution in [2.24, 2.45) is 0 Å². The van der Waals surface area contributed by atoms with E-state index in [-0.39, 0.29) is 5.57 Å². The van der Waals surface area contributed by atoms with Gasteiger partial charge in [-0.05, 0) is 18.2 Å². The van der Waals surface area contributed by atoms with Gasteiger partial charge < -0.3 is 0 Å².